The lowest BCUT2D eigenvalue weighted by atomic mass is 10.1. The first-order chi connectivity index (χ1) is 14.1. The Balaban J connectivity index is 1.48. The van der Waals surface area contributed by atoms with E-state index in [4.69, 9.17) is 4.74 Å². The van der Waals surface area contributed by atoms with Crippen LogP contribution in [0.4, 0.5) is 0 Å². The molecule has 1 aromatic heterocycles. The first kappa shape index (κ1) is 20.6. The fourth-order valence-corrected chi connectivity index (χ4v) is 3.36. The van der Waals surface area contributed by atoms with Gasteiger partial charge in [0.25, 0.3) is 5.91 Å². The lowest BCUT2D eigenvalue weighted by molar-refractivity contribution is 0.0953. The molecule has 0 atom stereocenters. The first-order valence-electron chi connectivity index (χ1n) is 10.2. The highest BCUT2D eigenvalue weighted by Gasteiger charge is 2.07. The van der Waals surface area contributed by atoms with Gasteiger partial charge < -0.3 is 10.1 Å². The molecule has 3 aromatic rings. The quantitative estimate of drug-likeness (QED) is 0.553. The van der Waals surface area contributed by atoms with Crippen LogP contribution in [0.2, 0.25) is 0 Å². The second-order valence-corrected chi connectivity index (χ2v) is 7.18. The zero-order valence-electron chi connectivity index (χ0n) is 17.4. The molecule has 1 N–H and O–H groups in total. The Hall–Kier alpha value is -3.08. The van der Waals surface area contributed by atoms with Crippen molar-refractivity contribution in [3.05, 3.63) is 82.7 Å². The second kappa shape index (κ2) is 9.92. The van der Waals surface area contributed by atoms with E-state index in [-0.39, 0.29) is 5.91 Å². The van der Waals surface area contributed by atoms with Gasteiger partial charge in [-0.15, -0.1) is 0 Å². The van der Waals surface area contributed by atoms with Gasteiger partial charge in [-0.2, -0.15) is 5.10 Å². The Bertz CT molecular complexity index is 945. The molecule has 1 heterocycles. The second-order valence-electron chi connectivity index (χ2n) is 7.18. The summed E-state index contributed by atoms with van der Waals surface area (Å²) in [7, 11) is 0. The summed E-state index contributed by atoms with van der Waals surface area (Å²) in [5.41, 5.74) is 5.13. The van der Waals surface area contributed by atoms with Gasteiger partial charge in [0, 0.05) is 17.8 Å². The van der Waals surface area contributed by atoms with Gasteiger partial charge in [0.05, 0.1) is 18.8 Å². The molecule has 3 rings (SSSR count). The smallest absolute Gasteiger partial charge is 0.251 e. The number of aryl methyl sites for hydroxylation is 3. The van der Waals surface area contributed by atoms with Crippen molar-refractivity contribution >= 4 is 5.91 Å². The summed E-state index contributed by atoms with van der Waals surface area (Å²) in [5.74, 6) is 0.889. The Labute approximate surface area is 172 Å². The summed E-state index contributed by atoms with van der Waals surface area (Å²) >= 11 is 0. The van der Waals surface area contributed by atoms with Crippen LogP contribution in [0, 0.1) is 13.8 Å². The van der Waals surface area contributed by atoms with Crippen LogP contribution in [0.25, 0.3) is 0 Å². The van der Waals surface area contributed by atoms with Gasteiger partial charge in [-0.1, -0.05) is 30.3 Å². The average Bonchev–Trinajstić information content (AvgIpc) is 3.03. The molecule has 5 heteroatoms. The molecule has 0 spiro atoms. The summed E-state index contributed by atoms with van der Waals surface area (Å²) < 4.78 is 7.63. The van der Waals surface area contributed by atoms with E-state index >= 15 is 0 Å². The van der Waals surface area contributed by atoms with Crippen molar-refractivity contribution < 1.29 is 9.53 Å². The SMILES string of the molecule is CCOc1ccccc1CCCNC(=O)c1ccc(Cn2nc(C)cc2C)cc1. The number of para-hydroxylation sites is 1. The summed E-state index contributed by atoms with van der Waals surface area (Å²) in [6.45, 7) is 8.03. The van der Waals surface area contributed by atoms with E-state index in [0.29, 0.717) is 25.3 Å². The van der Waals surface area contributed by atoms with E-state index in [2.05, 4.69) is 29.5 Å². The fourth-order valence-electron chi connectivity index (χ4n) is 3.36. The van der Waals surface area contributed by atoms with Gasteiger partial charge in [-0.05, 0) is 69.0 Å². The molecule has 0 unspecified atom stereocenters. The molecule has 5 nitrogen and oxygen atoms in total. The normalized spacial score (nSPS) is 10.7. The summed E-state index contributed by atoms with van der Waals surface area (Å²) in [4.78, 5) is 12.4. The summed E-state index contributed by atoms with van der Waals surface area (Å²) in [5, 5.41) is 7.49. The molecule has 0 bridgehead atoms. The number of nitrogens with zero attached hydrogens (tertiary/aromatic N) is 2. The van der Waals surface area contributed by atoms with Crippen molar-refractivity contribution in [3.63, 3.8) is 0 Å². The van der Waals surface area contributed by atoms with Crippen molar-refractivity contribution in [2.75, 3.05) is 13.2 Å². The molecule has 0 saturated heterocycles. The molecule has 2 aromatic carbocycles. The number of ether oxygens (including phenoxy) is 1. The molecular formula is C24H29N3O2. The van der Waals surface area contributed by atoms with Crippen LogP contribution in [-0.4, -0.2) is 28.8 Å². The molecule has 29 heavy (non-hydrogen) atoms. The lowest BCUT2D eigenvalue weighted by Gasteiger charge is -2.10. The van der Waals surface area contributed by atoms with E-state index in [1.165, 1.54) is 5.56 Å². The molecule has 0 aliphatic carbocycles. The maximum atomic E-state index is 12.4. The lowest BCUT2D eigenvalue weighted by Crippen LogP contribution is -2.24. The first-order valence-corrected chi connectivity index (χ1v) is 10.2. The number of rotatable bonds is 9. The summed E-state index contributed by atoms with van der Waals surface area (Å²) in [6, 6.07) is 17.9. The standard InChI is InChI=1S/C24H29N3O2/c1-4-29-23-10-6-5-8-21(23)9-7-15-25-24(28)22-13-11-20(12-14-22)17-27-19(3)16-18(2)26-27/h5-6,8,10-14,16H,4,7,9,15,17H2,1-3H3,(H,25,28). The monoisotopic (exact) mass is 391 g/mol. The molecule has 0 fully saturated rings. The van der Waals surface area contributed by atoms with Crippen LogP contribution in [-0.2, 0) is 13.0 Å². The highest BCUT2D eigenvalue weighted by Crippen LogP contribution is 2.19. The highest BCUT2D eigenvalue weighted by molar-refractivity contribution is 5.94. The Morgan fingerprint density at radius 2 is 1.86 bits per heavy atom. The molecular weight excluding hydrogens is 362 g/mol. The van der Waals surface area contributed by atoms with E-state index in [1.54, 1.807) is 0 Å². The molecule has 152 valence electrons. The fraction of sp³-hybridized carbons (Fsp3) is 0.333. The molecule has 0 radical (unpaired) electrons. The minimum Gasteiger partial charge on any atom is -0.494 e. The molecule has 0 saturated carbocycles. The van der Waals surface area contributed by atoms with Crippen LogP contribution in [0.1, 0.15) is 46.2 Å². The van der Waals surface area contributed by atoms with Crippen LogP contribution >= 0.6 is 0 Å². The maximum Gasteiger partial charge on any atom is 0.251 e. The number of nitrogens with one attached hydrogen (secondary N) is 1. The number of hydrogen-bond acceptors (Lipinski definition) is 3. The predicted molar refractivity (Wildman–Crippen MR) is 116 cm³/mol. The van der Waals surface area contributed by atoms with E-state index in [0.717, 1.165) is 35.5 Å². The Kier molecular flexibility index (Phi) is 7.06. The van der Waals surface area contributed by atoms with Gasteiger partial charge in [0.1, 0.15) is 5.75 Å². The highest BCUT2D eigenvalue weighted by atomic mass is 16.5. The van der Waals surface area contributed by atoms with Gasteiger partial charge in [0.15, 0.2) is 0 Å². The Morgan fingerprint density at radius 1 is 1.10 bits per heavy atom. The predicted octanol–water partition coefficient (Wildman–Crippen LogP) is 4.31. The zero-order chi connectivity index (χ0) is 20.6. The number of benzene rings is 2. The van der Waals surface area contributed by atoms with Gasteiger partial charge in [-0.3, -0.25) is 9.48 Å². The third-order valence-electron chi connectivity index (χ3n) is 4.83. The molecule has 1 amide bonds. The third kappa shape index (κ3) is 5.70. The van der Waals surface area contributed by atoms with E-state index in [1.807, 2.05) is 61.0 Å². The zero-order valence-corrected chi connectivity index (χ0v) is 17.4. The number of aromatic nitrogens is 2. The minimum absolute atomic E-state index is 0.0410. The minimum atomic E-state index is -0.0410. The average molecular weight is 392 g/mol. The van der Waals surface area contributed by atoms with Gasteiger partial charge in [-0.25, -0.2) is 0 Å². The van der Waals surface area contributed by atoms with Crippen LogP contribution < -0.4 is 10.1 Å². The summed E-state index contributed by atoms with van der Waals surface area (Å²) in [6.07, 6.45) is 1.74. The van der Waals surface area contributed by atoms with Crippen molar-refractivity contribution in [1.82, 2.24) is 15.1 Å². The van der Waals surface area contributed by atoms with Crippen LogP contribution in [0.3, 0.4) is 0 Å². The number of amides is 1. The third-order valence-corrected chi connectivity index (χ3v) is 4.83. The Morgan fingerprint density at radius 3 is 2.55 bits per heavy atom. The van der Waals surface area contributed by atoms with Crippen molar-refractivity contribution in [1.29, 1.82) is 0 Å². The van der Waals surface area contributed by atoms with Gasteiger partial charge >= 0.3 is 0 Å². The van der Waals surface area contributed by atoms with Crippen molar-refractivity contribution in [3.8, 4) is 5.75 Å². The van der Waals surface area contributed by atoms with Gasteiger partial charge in [0.2, 0.25) is 0 Å². The van der Waals surface area contributed by atoms with Crippen LogP contribution in [0.15, 0.2) is 54.6 Å². The van der Waals surface area contributed by atoms with E-state index < -0.39 is 0 Å². The maximum absolute atomic E-state index is 12.4. The molecule has 0 aliphatic rings. The van der Waals surface area contributed by atoms with E-state index in [9.17, 15) is 4.79 Å². The van der Waals surface area contributed by atoms with Crippen molar-refractivity contribution in [2.45, 2.75) is 40.2 Å². The topological polar surface area (TPSA) is 56.1 Å². The van der Waals surface area contributed by atoms with Crippen LogP contribution in [0.5, 0.6) is 5.75 Å². The number of carbonyl (C=O) groups excluding carboxylic acids is 1. The number of carbonyl (C=O) groups is 1. The molecule has 0 aliphatic heterocycles. The van der Waals surface area contributed by atoms with Crippen molar-refractivity contribution in [2.24, 2.45) is 0 Å². The number of hydrogen-bond donors (Lipinski definition) is 1. The largest absolute Gasteiger partial charge is 0.494 e.